The summed E-state index contributed by atoms with van der Waals surface area (Å²) < 4.78 is 27.6. The predicted octanol–water partition coefficient (Wildman–Crippen LogP) is 3.59. The standard InChI is InChI=1S/C14H11BrF2N2O/c1-19(12-6-5-8(15)7-11(12)18)14(20)9-3-2-4-10(16)13(9)17/h2-7H,18H2,1H3. The van der Waals surface area contributed by atoms with Gasteiger partial charge in [0.15, 0.2) is 11.6 Å². The van der Waals surface area contributed by atoms with Crippen LogP contribution >= 0.6 is 15.9 Å². The maximum atomic E-state index is 13.6. The normalized spacial score (nSPS) is 10.4. The van der Waals surface area contributed by atoms with Crippen LogP contribution in [0.25, 0.3) is 0 Å². The largest absolute Gasteiger partial charge is 0.397 e. The van der Waals surface area contributed by atoms with E-state index in [0.717, 1.165) is 10.5 Å². The zero-order valence-electron chi connectivity index (χ0n) is 10.5. The molecule has 0 saturated heterocycles. The second-order valence-corrected chi connectivity index (χ2v) is 5.08. The number of carbonyl (C=O) groups excluding carboxylic acids is 1. The highest BCUT2D eigenvalue weighted by Crippen LogP contribution is 2.27. The summed E-state index contributed by atoms with van der Waals surface area (Å²) in [5.74, 6) is -2.90. The molecule has 0 bridgehead atoms. The van der Waals surface area contributed by atoms with E-state index >= 15 is 0 Å². The summed E-state index contributed by atoms with van der Waals surface area (Å²) in [6.45, 7) is 0. The lowest BCUT2D eigenvalue weighted by Crippen LogP contribution is -2.28. The van der Waals surface area contributed by atoms with E-state index in [1.54, 1.807) is 18.2 Å². The van der Waals surface area contributed by atoms with Crippen molar-refractivity contribution in [3.63, 3.8) is 0 Å². The minimum Gasteiger partial charge on any atom is -0.397 e. The quantitative estimate of drug-likeness (QED) is 0.849. The second kappa shape index (κ2) is 5.58. The summed E-state index contributed by atoms with van der Waals surface area (Å²) in [5, 5.41) is 0. The fourth-order valence-electron chi connectivity index (χ4n) is 1.79. The number of hydrogen-bond acceptors (Lipinski definition) is 2. The molecule has 104 valence electrons. The predicted molar refractivity (Wildman–Crippen MR) is 77.6 cm³/mol. The molecule has 0 radical (unpaired) electrons. The summed E-state index contributed by atoms with van der Waals surface area (Å²) in [6, 6.07) is 8.42. The van der Waals surface area contributed by atoms with E-state index in [1.165, 1.54) is 24.1 Å². The Kier molecular flexibility index (Phi) is 4.04. The Hall–Kier alpha value is -1.95. The van der Waals surface area contributed by atoms with Crippen LogP contribution in [0, 0.1) is 11.6 Å². The number of halogens is 3. The molecule has 2 N–H and O–H groups in total. The Labute approximate surface area is 123 Å². The Bertz CT molecular complexity index is 676. The Morgan fingerprint density at radius 2 is 1.95 bits per heavy atom. The van der Waals surface area contributed by atoms with Gasteiger partial charge in [-0.05, 0) is 30.3 Å². The molecule has 0 atom stereocenters. The lowest BCUT2D eigenvalue weighted by Gasteiger charge is -2.19. The number of amides is 1. The molecule has 2 aromatic carbocycles. The number of benzene rings is 2. The van der Waals surface area contributed by atoms with Crippen LogP contribution in [0.5, 0.6) is 0 Å². The van der Waals surface area contributed by atoms with E-state index in [-0.39, 0.29) is 5.56 Å². The van der Waals surface area contributed by atoms with Crippen molar-refractivity contribution in [3.8, 4) is 0 Å². The zero-order valence-corrected chi connectivity index (χ0v) is 12.1. The monoisotopic (exact) mass is 340 g/mol. The molecule has 2 aromatic rings. The Morgan fingerprint density at radius 1 is 1.25 bits per heavy atom. The molecule has 2 rings (SSSR count). The van der Waals surface area contributed by atoms with Crippen molar-refractivity contribution < 1.29 is 13.6 Å². The molecule has 0 aliphatic heterocycles. The van der Waals surface area contributed by atoms with Crippen molar-refractivity contribution in [2.45, 2.75) is 0 Å². The third kappa shape index (κ3) is 2.65. The molecule has 6 heteroatoms. The third-order valence-electron chi connectivity index (χ3n) is 2.84. The number of anilines is 2. The number of hydrogen-bond donors (Lipinski definition) is 1. The molecular formula is C14H11BrF2N2O. The van der Waals surface area contributed by atoms with Crippen molar-refractivity contribution in [1.29, 1.82) is 0 Å². The van der Waals surface area contributed by atoms with Crippen LogP contribution < -0.4 is 10.6 Å². The smallest absolute Gasteiger partial charge is 0.261 e. The van der Waals surface area contributed by atoms with Gasteiger partial charge in [-0.3, -0.25) is 4.79 Å². The summed E-state index contributed by atoms with van der Waals surface area (Å²) in [6.07, 6.45) is 0. The van der Waals surface area contributed by atoms with Gasteiger partial charge in [0.2, 0.25) is 0 Å². The minimum atomic E-state index is -1.17. The van der Waals surface area contributed by atoms with Crippen LogP contribution in [-0.2, 0) is 0 Å². The first-order chi connectivity index (χ1) is 9.41. The molecule has 0 unspecified atom stereocenters. The lowest BCUT2D eigenvalue weighted by atomic mass is 10.1. The molecule has 20 heavy (non-hydrogen) atoms. The van der Waals surface area contributed by atoms with E-state index in [1.807, 2.05) is 0 Å². The van der Waals surface area contributed by atoms with Crippen LogP contribution in [0.1, 0.15) is 10.4 Å². The highest BCUT2D eigenvalue weighted by molar-refractivity contribution is 9.10. The molecule has 0 aliphatic rings. The number of nitrogen functional groups attached to an aromatic ring is 1. The number of nitrogens with zero attached hydrogens (tertiary/aromatic N) is 1. The molecular weight excluding hydrogens is 330 g/mol. The molecule has 0 spiro atoms. The van der Waals surface area contributed by atoms with E-state index in [4.69, 9.17) is 5.73 Å². The Morgan fingerprint density at radius 3 is 2.60 bits per heavy atom. The minimum absolute atomic E-state index is 0.338. The van der Waals surface area contributed by atoms with Gasteiger partial charge < -0.3 is 10.6 Å². The fraction of sp³-hybridized carbons (Fsp3) is 0.0714. The van der Waals surface area contributed by atoms with Crippen molar-refractivity contribution >= 4 is 33.2 Å². The van der Waals surface area contributed by atoms with Crippen molar-refractivity contribution in [2.24, 2.45) is 0 Å². The SMILES string of the molecule is CN(C(=O)c1cccc(F)c1F)c1ccc(Br)cc1N. The van der Waals surface area contributed by atoms with Crippen LogP contribution in [0.3, 0.4) is 0 Å². The van der Waals surface area contributed by atoms with Gasteiger partial charge in [-0.25, -0.2) is 8.78 Å². The zero-order chi connectivity index (χ0) is 14.9. The van der Waals surface area contributed by atoms with Gasteiger partial charge >= 0.3 is 0 Å². The highest BCUT2D eigenvalue weighted by Gasteiger charge is 2.20. The topological polar surface area (TPSA) is 46.3 Å². The average molecular weight is 341 g/mol. The van der Waals surface area contributed by atoms with E-state index in [2.05, 4.69) is 15.9 Å². The molecule has 1 amide bonds. The maximum absolute atomic E-state index is 13.6. The van der Waals surface area contributed by atoms with Crippen LogP contribution in [0.4, 0.5) is 20.2 Å². The maximum Gasteiger partial charge on any atom is 0.261 e. The highest BCUT2D eigenvalue weighted by atomic mass is 79.9. The number of carbonyl (C=O) groups is 1. The van der Waals surface area contributed by atoms with E-state index in [9.17, 15) is 13.6 Å². The van der Waals surface area contributed by atoms with Gasteiger partial charge in [-0.15, -0.1) is 0 Å². The molecule has 0 saturated carbocycles. The summed E-state index contributed by atoms with van der Waals surface area (Å²) in [4.78, 5) is 13.4. The van der Waals surface area contributed by atoms with Gasteiger partial charge in [-0.2, -0.15) is 0 Å². The van der Waals surface area contributed by atoms with Gasteiger partial charge in [0.25, 0.3) is 5.91 Å². The lowest BCUT2D eigenvalue weighted by molar-refractivity contribution is 0.0988. The first-order valence-electron chi connectivity index (χ1n) is 5.69. The van der Waals surface area contributed by atoms with Crippen LogP contribution in [0.15, 0.2) is 40.9 Å². The average Bonchev–Trinajstić information content (AvgIpc) is 2.40. The van der Waals surface area contributed by atoms with Crippen molar-refractivity contribution in [2.75, 3.05) is 17.7 Å². The molecule has 3 nitrogen and oxygen atoms in total. The molecule has 0 aliphatic carbocycles. The van der Waals surface area contributed by atoms with Gasteiger partial charge in [0, 0.05) is 11.5 Å². The summed E-state index contributed by atoms with van der Waals surface area (Å²) in [7, 11) is 1.45. The summed E-state index contributed by atoms with van der Waals surface area (Å²) in [5.41, 5.74) is 6.25. The molecule has 0 heterocycles. The number of rotatable bonds is 2. The second-order valence-electron chi connectivity index (χ2n) is 4.17. The molecule has 0 aromatic heterocycles. The van der Waals surface area contributed by atoms with Crippen LogP contribution in [-0.4, -0.2) is 13.0 Å². The van der Waals surface area contributed by atoms with Gasteiger partial charge in [-0.1, -0.05) is 22.0 Å². The first-order valence-corrected chi connectivity index (χ1v) is 6.48. The van der Waals surface area contributed by atoms with E-state index < -0.39 is 17.5 Å². The molecule has 0 fully saturated rings. The van der Waals surface area contributed by atoms with Gasteiger partial charge in [0.1, 0.15) is 0 Å². The fourth-order valence-corrected chi connectivity index (χ4v) is 2.17. The third-order valence-corrected chi connectivity index (χ3v) is 3.33. The van der Waals surface area contributed by atoms with Crippen molar-refractivity contribution in [1.82, 2.24) is 0 Å². The van der Waals surface area contributed by atoms with Crippen LogP contribution in [0.2, 0.25) is 0 Å². The van der Waals surface area contributed by atoms with E-state index in [0.29, 0.717) is 11.4 Å². The van der Waals surface area contributed by atoms with Gasteiger partial charge in [0.05, 0.1) is 16.9 Å². The summed E-state index contributed by atoms with van der Waals surface area (Å²) >= 11 is 3.26. The Balaban J connectivity index is 2.40. The van der Waals surface area contributed by atoms with Crippen molar-refractivity contribution in [3.05, 3.63) is 58.1 Å². The first kappa shape index (κ1) is 14.5. The number of nitrogens with two attached hydrogens (primary N) is 1.